The summed E-state index contributed by atoms with van der Waals surface area (Å²) in [6.45, 7) is 3.46. The van der Waals surface area contributed by atoms with Gasteiger partial charge in [-0.25, -0.2) is 4.79 Å². The SMILES string of the molecule is CCOc1ccccc1NC(=O)N1C[C@@H]2C[C@H](OC)CN2C(=O)[C@@H]1Cc1ccccc1. The van der Waals surface area contributed by atoms with Gasteiger partial charge < -0.3 is 24.6 Å². The smallest absolute Gasteiger partial charge is 0.322 e. The summed E-state index contributed by atoms with van der Waals surface area (Å²) in [5.41, 5.74) is 1.62. The second-order valence-electron chi connectivity index (χ2n) is 7.96. The number of anilines is 1. The van der Waals surface area contributed by atoms with Crippen LogP contribution >= 0.6 is 0 Å². The van der Waals surface area contributed by atoms with Gasteiger partial charge in [-0.2, -0.15) is 0 Å². The molecule has 2 aliphatic heterocycles. The normalized spacial score (nSPS) is 22.9. The number of urea groups is 1. The molecule has 2 aromatic rings. The highest BCUT2D eigenvalue weighted by atomic mass is 16.5. The third-order valence-electron chi connectivity index (χ3n) is 6.02. The van der Waals surface area contributed by atoms with Crippen LogP contribution in [0.3, 0.4) is 0 Å². The fourth-order valence-electron chi connectivity index (χ4n) is 4.46. The van der Waals surface area contributed by atoms with Crippen LogP contribution in [0, 0.1) is 0 Å². The van der Waals surface area contributed by atoms with Crippen LogP contribution < -0.4 is 10.1 Å². The Morgan fingerprint density at radius 3 is 2.58 bits per heavy atom. The number of hydrogen-bond donors (Lipinski definition) is 1. The van der Waals surface area contributed by atoms with Crippen molar-refractivity contribution in [1.82, 2.24) is 9.80 Å². The van der Waals surface area contributed by atoms with Crippen LogP contribution in [0.2, 0.25) is 0 Å². The monoisotopic (exact) mass is 423 g/mol. The van der Waals surface area contributed by atoms with Gasteiger partial charge in [0.05, 0.1) is 24.4 Å². The Morgan fingerprint density at radius 1 is 1.10 bits per heavy atom. The van der Waals surface area contributed by atoms with E-state index in [2.05, 4.69) is 5.32 Å². The summed E-state index contributed by atoms with van der Waals surface area (Å²) in [7, 11) is 1.67. The average Bonchev–Trinajstić information content (AvgIpc) is 3.21. The number of carbonyl (C=O) groups excluding carboxylic acids is 2. The molecule has 3 atom stereocenters. The van der Waals surface area contributed by atoms with Gasteiger partial charge in [-0.3, -0.25) is 4.79 Å². The molecule has 2 aliphatic rings. The van der Waals surface area contributed by atoms with Crippen molar-refractivity contribution in [3.8, 4) is 5.75 Å². The topological polar surface area (TPSA) is 71.1 Å². The quantitative estimate of drug-likeness (QED) is 0.775. The maximum absolute atomic E-state index is 13.4. The summed E-state index contributed by atoms with van der Waals surface area (Å²) < 4.78 is 11.2. The molecule has 0 aromatic heterocycles. The van der Waals surface area contributed by atoms with Crippen LogP contribution in [-0.2, 0) is 16.0 Å². The predicted molar refractivity (Wildman–Crippen MR) is 118 cm³/mol. The number of ether oxygens (including phenoxy) is 2. The summed E-state index contributed by atoms with van der Waals surface area (Å²) in [6.07, 6.45) is 1.22. The summed E-state index contributed by atoms with van der Waals surface area (Å²) >= 11 is 0. The number of nitrogens with zero attached hydrogens (tertiary/aromatic N) is 2. The minimum Gasteiger partial charge on any atom is -0.492 e. The molecule has 4 rings (SSSR count). The number of carbonyl (C=O) groups is 2. The number of methoxy groups -OCH3 is 1. The Bertz CT molecular complexity index is 920. The van der Waals surface area contributed by atoms with Crippen LogP contribution in [0.1, 0.15) is 18.9 Å². The Hall–Kier alpha value is -3.06. The highest BCUT2D eigenvalue weighted by Crippen LogP contribution is 2.30. The molecular weight excluding hydrogens is 394 g/mol. The van der Waals surface area contributed by atoms with Gasteiger partial charge in [-0.1, -0.05) is 42.5 Å². The van der Waals surface area contributed by atoms with Crippen molar-refractivity contribution in [2.45, 2.75) is 38.0 Å². The Morgan fingerprint density at radius 2 is 1.84 bits per heavy atom. The molecule has 164 valence electrons. The Kier molecular flexibility index (Phi) is 6.42. The highest BCUT2D eigenvalue weighted by Gasteiger charge is 2.47. The molecule has 0 saturated carbocycles. The second-order valence-corrected chi connectivity index (χ2v) is 7.96. The number of nitrogens with one attached hydrogen (secondary N) is 1. The summed E-state index contributed by atoms with van der Waals surface area (Å²) in [5, 5.41) is 2.97. The van der Waals surface area contributed by atoms with E-state index in [9.17, 15) is 9.59 Å². The lowest BCUT2D eigenvalue weighted by molar-refractivity contribution is -0.141. The lowest BCUT2D eigenvalue weighted by Gasteiger charge is -2.42. The number of piperazine rings is 1. The number of para-hydroxylation sites is 2. The Balaban J connectivity index is 1.59. The third kappa shape index (κ3) is 4.51. The second kappa shape index (κ2) is 9.39. The van der Waals surface area contributed by atoms with Gasteiger partial charge in [0.15, 0.2) is 0 Å². The summed E-state index contributed by atoms with van der Waals surface area (Å²) in [4.78, 5) is 30.4. The predicted octanol–water partition coefficient (Wildman–Crippen LogP) is 3.16. The molecular formula is C24H29N3O4. The van der Waals surface area contributed by atoms with Crippen molar-refractivity contribution in [2.24, 2.45) is 0 Å². The number of hydrogen-bond acceptors (Lipinski definition) is 4. The molecule has 2 aromatic carbocycles. The maximum atomic E-state index is 13.4. The van der Waals surface area contributed by atoms with Crippen LogP contribution in [0.4, 0.5) is 10.5 Å². The van der Waals surface area contributed by atoms with Crippen molar-refractivity contribution in [1.29, 1.82) is 0 Å². The zero-order valence-corrected chi connectivity index (χ0v) is 18.0. The molecule has 0 aliphatic carbocycles. The molecule has 7 heteroatoms. The fraction of sp³-hybridized carbons (Fsp3) is 0.417. The van der Waals surface area contributed by atoms with E-state index in [1.807, 2.05) is 66.4 Å². The minimum absolute atomic E-state index is 0.00742. The molecule has 31 heavy (non-hydrogen) atoms. The Labute approximate surface area is 182 Å². The highest BCUT2D eigenvalue weighted by molar-refractivity contribution is 5.96. The number of benzene rings is 2. The molecule has 7 nitrogen and oxygen atoms in total. The molecule has 2 heterocycles. The average molecular weight is 424 g/mol. The molecule has 2 saturated heterocycles. The fourth-order valence-corrected chi connectivity index (χ4v) is 4.46. The molecule has 0 radical (unpaired) electrons. The third-order valence-corrected chi connectivity index (χ3v) is 6.02. The standard InChI is InChI=1S/C24H29N3O4/c1-3-31-22-12-8-7-11-20(22)25-24(29)27-15-18-14-19(30-2)16-26(18)23(28)21(27)13-17-9-5-4-6-10-17/h4-12,18-19,21H,3,13-16H2,1-2H3,(H,25,29)/t18-,19-,21-/m0/s1. The molecule has 1 N–H and O–H groups in total. The molecule has 3 amide bonds. The molecule has 2 fully saturated rings. The van der Waals surface area contributed by atoms with E-state index in [0.717, 1.165) is 12.0 Å². The van der Waals surface area contributed by atoms with Gasteiger partial charge in [0.25, 0.3) is 0 Å². The van der Waals surface area contributed by atoms with Crippen molar-refractivity contribution < 1.29 is 19.1 Å². The van der Waals surface area contributed by atoms with E-state index in [4.69, 9.17) is 9.47 Å². The first kappa shape index (κ1) is 21.2. The van der Waals surface area contributed by atoms with E-state index < -0.39 is 6.04 Å². The zero-order valence-electron chi connectivity index (χ0n) is 18.0. The van der Waals surface area contributed by atoms with Crippen LogP contribution in [0.25, 0.3) is 0 Å². The van der Waals surface area contributed by atoms with Gasteiger partial charge >= 0.3 is 6.03 Å². The first-order valence-corrected chi connectivity index (χ1v) is 10.8. The van der Waals surface area contributed by atoms with Gasteiger partial charge in [-0.05, 0) is 31.0 Å². The summed E-state index contributed by atoms with van der Waals surface area (Å²) in [5.74, 6) is 0.594. The number of rotatable bonds is 6. The molecule has 0 spiro atoms. The molecule has 0 unspecified atom stereocenters. The maximum Gasteiger partial charge on any atom is 0.322 e. The van der Waals surface area contributed by atoms with Gasteiger partial charge in [-0.15, -0.1) is 0 Å². The van der Waals surface area contributed by atoms with Gasteiger partial charge in [0.1, 0.15) is 11.8 Å². The van der Waals surface area contributed by atoms with E-state index in [1.165, 1.54) is 0 Å². The van der Waals surface area contributed by atoms with E-state index in [-0.39, 0.29) is 24.1 Å². The van der Waals surface area contributed by atoms with E-state index in [1.54, 1.807) is 12.0 Å². The minimum atomic E-state index is -0.562. The van der Waals surface area contributed by atoms with Crippen molar-refractivity contribution in [3.63, 3.8) is 0 Å². The van der Waals surface area contributed by atoms with Crippen LogP contribution in [-0.4, -0.2) is 66.7 Å². The molecule has 0 bridgehead atoms. The van der Waals surface area contributed by atoms with E-state index in [0.29, 0.717) is 37.6 Å². The largest absolute Gasteiger partial charge is 0.492 e. The zero-order chi connectivity index (χ0) is 21.8. The lowest BCUT2D eigenvalue weighted by atomic mass is 9.99. The van der Waals surface area contributed by atoms with Crippen molar-refractivity contribution in [2.75, 3.05) is 32.1 Å². The number of amides is 3. The van der Waals surface area contributed by atoms with Crippen molar-refractivity contribution >= 4 is 17.6 Å². The van der Waals surface area contributed by atoms with Gasteiger partial charge in [0, 0.05) is 26.6 Å². The lowest BCUT2D eigenvalue weighted by Crippen LogP contribution is -2.62. The first-order chi connectivity index (χ1) is 15.1. The van der Waals surface area contributed by atoms with Gasteiger partial charge in [0.2, 0.25) is 5.91 Å². The first-order valence-electron chi connectivity index (χ1n) is 10.8. The van der Waals surface area contributed by atoms with Crippen molar-refractivity contribution in [3.05, 3.63) is 60.2 Å². The number of fused-ring (bicyclic) bond motifs is 1. The van der Waals surface area contributed by atoms with Crippen LogP contribution in [0.15, 0.2) is 54.6 Å². The van der Waals surface area contributed by atoms with Crippen LogP contribution in [0.5, 0.6) is 5.75 Å². The summed E-state index contributed by atoms with van der Waals surface area (Å²) in [6, 6.07) is 16.3. The van der Waals surface area contributed by atoms with E-state index >= 15 is 0 Å².